The van der Waals surface area contributed by atoms with Crippen molar-refractivity contribution in [2.45, 2.75) is 19.5 Å². The van der Waals surface area contributed by atoms with Crippen LogP contribution in [0.15, 0.2) is 34.9 Å². The molecule has 0 aliphatic carbocycles. The number of hydrogen-bond acceptors (Lipinski definition) is 7. The van der Waals surface area contributed by atoms with E-state index in [-0.39, 0.29) is 0 Å². The van der Waals surface area contributed by atoms with E-state index in [4.69, 9.17) is 4.52 Å². The van der Waals surface area contributed by atoms with Gasteiger partial charge in [-0.25, -0.2) is 5.43 Å². The molecule has 0 bridgehead atoms. The van der Waals surface area contributed by atoms with E-state index in [9.17, 15) is 0 Å². The zero-order valence-electron chi connectivity index (χ0n) is 14.7. The van der Waals surface area contributed by atoms with Gasteiger partial charge in [-0.05, 0) is 12.5 Å². The van der Waals surface area contributed by atoms with Gasteiger partial charge in [0.2, 0.25) is 5.89 Å². The van der Waals surface area contributed by atoms with Crippen LogP contribution < -0.4 is 10.9 Å². The Morgan fingerprint density at radius 2 is 1.88 bits per heavy atom. The maximum Gasteiger partial charge on any atom is 0.240 e. The quantitative estimate of drug-likeness (QED) is 0.839. The molecule has 2 fully saturated rings. The molecule has 7 heteroatoms. The Morgan fingerprint density at radius 1 is 1.12 bits per heavy atom. The van der Waals surface area contributed by atoms with Gasteiger partial charge in [-0.2, -0.15) is 4.98 Å². The van der Waals surface area contributed by atoms with Crippen molar-refractivity contribution in [1.82, 2.24) is 30.8 Å². The molecule has 2 unspecified atom stereocenters. The molecular weight excluding hydrogens is 316 g/mol. The van der Waals surface area contributed by atoms with Crippen LogP contribution in [0.2, 0.25) is 0 Å². The topological polar surface area (TPSA) is 69.5 Å². The summed E-state index contributed by atoms with van der Waals surface area (Å²) in [4.78, 5) is 9.27. The van der Waals surface area contributed by atoms with Crippen LogP contribution in [0.5, 0.6) is 0 Å². The van der Waals surface area contributed by atoms with Crippen molar-refractivity contribution in [3.8, 4) is 0 Å². The molecule has 2 atom stereocenters. The number of hydrogen-bond donors (Lipinski definition) is 2. The fourth-order valence-electron chi connectivity index (χ4n) is 3.78. The molecule has 2 aliphatic rings. The SMILES string of the molecule is Cc1noc(CN2CCN(CC3CNNC3c3ccccc3)CC2)n1. The average Bonchev–Trinajstić information content (AvgIpc) is 3.26. The summed E-state index contributed by atoms with van der Waals surface area (Å²) < 4.78 is 5.23. The standard InChI is InChI=1S/C18H26N6O/c1-14-20-17(25-22-14)13-24-9-7-23(8-10-24)12-16-11-19-21-18(16)15-5-3-2-4-6-15/h2-6,16,18-19,21H,7-13H2,1H3. The van der Waals surface area contributed by atoms with Gasteiger partial charge in [-0.3, -0.25) is 10.3 Å². The summed E-state index contributed by atoms with van der Waals surface area (Å²) >= 11 is 0. The summed E-state index contributed by atoms with van der Waals surface area (Å²) in [6.45, 7) is 9.02. The lowest BCUT2D eigenvalue weighted by Crippen LogP contribution is -2.48. The third-order valence-electron chi connectivity index (χ3n) is 5.14. The molecule has 3 heterocycles. The summed E-state index contributed by atoms with van der Waals surface area (Å²) in [6.07, 6.45) is 0. The second kappa shape index (κ2) is 7.61. The molecule has 1 aromatic carbocycles. The Hall–Kier alpha value is -1.80. The lowest BCUT2D eigenvalue weighted by atomic mass is 9.94. The number of piperazine rings is 1. The van der Waals surface area contributed by atoms with E-state index in [0.717, 1.165) is 51.7 Å². The molecule has 1 aromatic heterocycles. The molecule has 134 valence electrons. The van der Waals surface area contributed by atoms with Crippen molar-refractivity contribution in [1.29, 1.82) is 0 Å². The largest absolute Gasteiger partial charge is 0.338 e. The zero-order valence-corrected chi connectivity index (χ0v) is 14.7. The van der Waals surface area contributed by atoms with E-state index in [1.54, 1.807) is 0 Å². The third-order valence-corrected chi connectivity index (χ3v) is 5.14. The number of nitrogens with zero attached hydrogens (tertiary/aromatic N) is 4. The average molecular weight is 342 g/mol. The zero-order chi connectivity index (χ0) is 17.1. The molecule has 2 aromatic rings. The monoisotopic (exact) mass is 342 g/mol. The fraction of sp³-hybridized carbons (Fsp3) is 0.556. The fourth-order valence-corrected chi connectivity index (χ4v) is 3.78. The molecule has 2 aliphatic heterocycles. The second-order valence-corrected chi connectivity index (χ2v) is 6.99. The summed E-state index contributed by atoms with van der Waals surface area (Å²) in [5, 5.41) is 3.87. The van der Waals surface area contributed by atoms with E-state index in [1.807, 2.05) is 6.92 Å². The van der Waals surface area contributed by atoms with E-state index in [1.165, 1.54) is 5.56 Å². The molecule has 0 amide bonds. The Balaban J connectivity index is 1.28. The van der Waals surface area contributed by atoms with E-state index in [0.29, 0.717) is 17.8 Å². The van der Waals surface area contributed by atoms with Crippen molar-refractivity contribution >= 4 is 0 Å². The number of aromatic nitrogens is 2. The number of benzene rings is 1. The smallest absolute Gasteiger partial charge is 0.240 e. The first kappa shape index (κ1) is 16.7. The summed E-state index contributed by atoms with van der Waals surface area (Å²) in [5.41, 5.74) is 8.14. The lowest BCUT2D eigenvalue weighted by molar-refractivity contribution is 0.104. The highest BCUT2D eigenvalue weighted by Crippen LogP contribution is 2.25. The highest BCUT2D eigenvalue weighted by Gasteiger charge is 2.30. The predicted octanol–water partition coefficient (Wildman–Crippen LogP) is 0.961. The minimum Gasteiger partial charge on any atom is -0.338 e. The molecule has 0 radical (unpaired) electrons. The van der Waals surface area contributed by atoms with Crippen LogP contribution in [-0.4, -0.2) is 59.2 Å². The molecule has 4 rings (SSSR count). The van der Waals surface area contributed by atoms with Gasteiger partial charge < -0.3 is 9.42 Å². The molecule has 0 spiro atoms. The minimum atomic E-state index is 0.389. The Morgan fingerprint density at radius 3 is 2.60 bits per heavy atom. The van der Waals surface area contributed by atoms with Gasteiger partial charge in [0.25, 0.3) is 0 Å². The van der Waals surface area contributed by atoms with E-state index in [2.05, 4.69) is 61.1 Å². The van der Waals surface area contributed by atoms with Crippen LogP contribution in [-0.2, 0) is 6.54 Å². The maximum absolute atomic E-state index is 5.23. The highest BCUT2D eigenvalue weighted by molar-refractivity contribution is 5.20. The summed E-state index contributed by atoms with van der Waals surface area (Å²) in [5.74, 6) is 2.02. The predicted molar refractivity (Wildman–Crippen MR) is 94.6 cm³/mol. The summed E-state index contributed by atoms with van der Waals surface area (Å²) in [6, 6.07) is 11.1. The van der Waals surface area contributed by atoms with Crippen LogP contribution in [0.3, 0.4) is 0 Å². The first-order valence-electron chi connectivity index (χ1n) is 9.05. The first-order chi connectivity index (χ1) is 12.3. The number of nitrogens with one attached hydrogen (secondary N) is 2. The van der Waals surface area contributed by atoms with Crippen LogP contribution in [0.25, 0.3) is 0 Å². The van der Waals surface area contributed by atoms with Crippen molar-refractivity contribution in [2.24, 2.45) is 5.92 Å². The maximum atomic E-state index is 5.23. The molecule has 2 N–H and O–H groups in total. The highest BCUT2D eigenvalue weighted by atomic mass is 16.5. The number of hydrazine groups is 1. The summed E-state index contributed by atoms with van der Waals surface area (Å²) in [7, 11) is 0. The van der Waals surface area contributed by atoms with E-state index >= 15 is 0 Å². The third kappa shape index (κ3) is 4.07. The second-order valence-electron chi connectivity index (χ2n) is 6.99. The van der Waals surface area contributed by atoms with Crippen molar-refractivity contribution in [3.05, 3.63) is 47.6 Å². The molecule has 25 heavy (non-hydrogen) atoms. The number of aryl methyl sites for hydroxylation is 1. The minimum absolute atomic E-state index is 0.389. The van der Waals surface area contributed by atoms with Crippen molar-refractivity contribution in [2.75, 3.05) is 39.3 Å². The molecule has 0 saturated carbocycles. The van der Waals surface area contributed by atoms with Crippen LogP contribution in [0.4, 0.5) is 0 Å². The lowest BCUT2D eigenvalue weighted by Gasteiger charge is -2.36. The normalized spacial score (nSPS) is 25.5. The van der Waals surface area contributed by atoms with Crippen LogP contribution in [0.1, 0.15) is 23.3 Å². The number of rotatable bonds is 5. The van der Waals surface area contributed by atoms with Crippen molar-refractivity contribution in [3.63, 3.8) is 0 Å². The molecule has 2 saturated heterocycles. The molecule has 7 nitrogen and oxygen atoms in total. The Bertz CT molecular complexity index is 667. The van der Waals surface area contributed by atoms with Gasteiger partial charge in [0.15, 0.2) is 5.82 Å². The Labute approximate surface area is 148 Å². The molecular formula is C18H26N6O. The Kier molecular flexibility index (Phi) is 5.07. The van der Waals surface area contributed by atoms with Crippen LogP contribution in [0, 0.1) is 12.8 Å². The van der Waals surface area contributed by atoms with Crippen molar-refractivity contribution < 1.29 is 4.52 Å². The first-order valence-corrected chi connectivity index (χ1v) is 9.05. The van der Waals surface area contributed by atoms with Gasteiger partial charge in [0.1, 0.15) is 0 Å². The van der Waals surface area contributed by atoms with Gasteiger partial charge in [-0.15, -0.1) is 0 Å². The van der Waals surface area contributed by atoms with Gasteiger partial charge >= 0.3 is 0 Å². The van der Waals surface area contributed by atoms with Crippen LogP contribution >= 0.6 is 0 Å². The van der Waals surface area contributed by atoms with E-state index < -0.39 is 0 Å². The van der Waals surface area contributed by atoms with Gasteiger partial charge in [0.05, 0.1) is 12.6 Å². The van der Waals surface area contributed by atoms with Gasteiger partial charge in [-0.1, -0.05) is 35.5 Å². The van der Waals surface area contributed by atoms with Gasteiger partial charge in [0, 0.05) is 45.2 Å².